The highest BCUT2D eigenvalue weighted by Crippen LogP contribution is 2.25. The second kappa shape index (κ2) is 9.61. The molecule has 0 bridgehead atoms. The summed E-state index contributed by atoms with van der Waals surface area (Å²) in [5.41, 5.74) is 0.592. The fourth-order valence-corrected chi connectivity index (χ4v) is 4.69. The highest BCUT2D eigenvalue weighted by Gasteiger charge is 2.28. The highest BCUT2D eigenvalue weighted by molar-refractivity contribution is 7.89. The van der Waals surface area contributed by atoms with Gasteiger partial charge in [0.1, 0.15) is 12.4 Å². The van der Waals surface area contributed by atoms with Gasteiger partial charge in [-0.25, -0.2) is 8.42 Å². The number of anilines is 1. The standard InChI is InChI=1S/C21H24ClN3O4S/c1-3-13-29-17-6-4-5-16(14-17)23-21(26)19-15-18(7-8-20(19)22)30(27,28)25-11-9-24(2)10-12-25/h3-8,14-15H,1,9-13H2,2H3,(H,23,26). The van der Waals surface area contributed by atoms with E-state index in [2.05, 4.69) is 16.8 Å². The maximum atomic E-state index is 13.0. The van der Waals surface area contributed by atoms with Gasteiger partial charge in [0, 0.05) is 37.9 Å². The predicted molar refractivity (Wildman–Crippen MR) is 118 cm³/mol. The number of sulfonamides is 1. The number of ether oxygens (including phenoxy) is 1. The average Bonchev–Trinajstić information content (AvgIpc) is 2.73. The zero-order valence-corrected chi connectivity index (χ0v) is 18.2. The molecule has 0 aromatic heterocycles. The normalized spacial score (nSPS) is 15.5. The number of amides is 1. The summed E-state index contributed by atoms with van der Waals surface area (Å²) < 4.78 is 32.9. The summed E-state index contributed by atoms with van der Waals surface area (Å²) in [5.74, 6) is 0.0708. The Labute approximate surface area is 181 Å². The topological polar surface area (TPSA) is 78.9 Å². The molecule has 1 N–H and O–H groups in total. The molecule has 160 valence electrons. The summed E-state index contributed by atoms with van der Waals surface area (Å²) in [4.78, 5) is 14.9. The van der Waals surface area contributed by atoms with E-state index in [1.54, 1.807) is 30.3 Å². The Morgan fingerprint density at radius 1 is 1.20 bits per heavy atom. The largest absolute Gasteiger partial charge is 0.489 e. The Balaban J connectivity index is 1.81. The molecule has 3 rings (SSSR count). The molecule has 9 heteroatoms. The molecule has 1 aliphatic rings. The molecule has 0 unspecified atom stereocenters. The number of nitrogens with zero attached hydrogens (tertiary/aromatic N) is 2. The first-order chi connectivity index (χ1) is 14.3. The number of nitrogens with one attached hydrogen (secondary N) is 1. The van der Waals surface area contributed by atoms with Crippen LogP contribution in [0.15, 0.2) is 60.0 Å². The minimum absolute atomic E-state index is 0.0460. The lowest BCUT2D eigenvalue weighted by atomic mass is 10.2. The monoisotopic (exact) mass is 449 g/mol. The lowest BCUT2D eigenvalue weighted by Gasteiger charge is -2.31. The lowest BCUT2D eigenvalue weighted by molar-refractivity contribution is 0.102. The summed E-state index contributed by atoms with van der Waals surface area (Å²) in [6.07, 6.45) is 1.62. The Kier molecular flexibility index (Phi) is 7.14. The van der Waals surface area contributed by atoms with Crippen LogP contribution in [-0.2, 0) is 10.0 Å². The third-order valence-electron chi connectivity index (χ3n) is 4.74. The van der Waals surface area contributed by atoms with Crippen molar-refractivity contribution in [2.45, 2.75) is 4.90 Å². The van der Waals surface area contributed by atoms with Crippen molar-refractivity contribution in [3.8, 4) is 5.75 Å². The predicted octanol–water partition coefficient (Wildman–Crippen LogP) is 3.09. The first-order valence-corrected chi connectivity index (χ1v) is 11.3. The molecular weight excluding hydrogens is 426 g/mol. The summed E-state index contributed by atoms with van der Waals surface area (Å²) >= 11 is 6.20. The SMILES string of the molecule is C=CCOc1cccc(NC(=O)c2cc(S(=O)(=O)N3CCN(C)CC3)ccc2Cl)c1. The van der Waals surface area contributed by atoms with Gasteiger partial charge in [0.15, 0.2) is 0 Å². The van der Waals surface area contributed by atoms with Crippen molar-refractivity contribution in [3.63, 3.8) is 0 Å². The summed E-state index contributed by atoms with van der Waals surface area (Å²) in [5, 5.41) is 2.91. The van der Waals surface area contributed by atoms with Gasteiger partial charge in [-0.2, -0.15) is 4.31 Å². The van der Waals surface area contributed by atoms with Crippen LogP contribution in [0.1, 0.15) is 10.4 Å². The third-order valence-corrected chi connectivity index (χ3v) is 6.97. The van der Waals surface area contributed by atoms with Gasteiger partial charge in [-0.15, -0.1) is 0 Å². The van der Waals surface area contributed by atoms with Crippen LogP contribution >= 0.6 is 11.6 Å². The number of likely N-dealkylation sites (N-methyl/N-ethyl adjacent to an activating group) is 1. The number of piperazine rings is 1. The Hall–Kier alpha value is -2.39. The van der Waals surface area contributed by atoms with Crippen LogP contribution in [0.25, 0.3) is 0 Å². The second-order valence-electron chi connectivity index (χ2n) is 6.93. The van der Waals surface area contributed by atoms with Gasteiger partial charge in [-0.3, -0.25) is 4.79 Å². The molecule has 1 aliphatic heterocycles. The first kappa shape index (κ1) is 22.3. The van der Waals surface area contributed by atoms with E-state index in [1.165, 1.54) is 22.5 Å². The average molecular weight is 450 g/mol. The van der Waals surface area contributed by atoms with Crippen LogP contribution in [0, 0.1) is 0 Å². The number of carbonyl (C=O) groups excluding carboxylic acids is 1. The molecule has 1 heterocycles. The number of hydrogen-bond acceptors (Lipinski definition) is 5. The molecule has 2 aromatic carbocycles. The zero-order valence-electron chi connectivity index (χ0n) is 16.7. The van der Waals surface area contributed by atoms with Gasteiger partial charge >= 0.3 is 0 Å². The van der Waals surface area contributed by atoms with E-state index in [0.29, 0.717) is 44.2 Å². The van der Waals surface area contributed by atoms with Gasteiger partial charge in [0.05, 0.1) is 15.5 Å². The fraction of sp³-hybridized carbons (Fsp3) is 0.286. The van der Waals surface area contributed by atoms with E-state index in [9.17, 15) is 13.2 Å². The molecule has 0 radical (unpaired) electrons. The van der Waals surface area contributed by atoms with E-state index in [0.717, 1.165) is 0 Å². The number of halogens is 1. The van der Waals surface area contributed by atoms with Crippen molar-refractivity contribution >= 4 is 33.2 Å². The minimum Gasteiger partial charge on any atom is -0.489 e. The smallest absolute Gasteiger partial charge is 0.257 e. The van der Waals surface area contributed by atoms with E-state index in [1.807, 2.05) is 7.05 Å². The molecule has 0 spiro atoms. The Morgan fingerprint density at radius 2 is 1.93 bits per heavy atom. The van der Waals surface area contributed by atoms with Crippen LogP contribution in [-0.4, -0.2) is 63.4 Å². The Bertz CT molecular complexity index is 1030. The molecule has 1 saturated heterocycles. The van der Waals surface area contributed by atoms with Gasteiger partial charge in [-0.1, -0.05) is 30.3 Å². The maximum absolute atomic E-state index is 13.0. The van der Waals surface area contributed by atoms with Gasteiger partial charge < -0.3 is 15.0 Å². The molecule has 0 saturated carbocycles. The maximum Gasteiger partial charge on any atom is 0.257 e. The second-order valence-corrected chi connectivity index (χ2v) is 9.28. The summed E-state index contributed by atoms with van der Waals surface area (Å²) in [6, 6.07) is 11.1. The van der Waals surface area contributed by atoms with E-state index >= 15 is 0 Å². The van der Waals surface area contributed by atoms with Crippen molar-refractivity contribution in [3.05, 3.63) is 65.7 Å². The molecule has 0 atom stereocenters. The summed E-state index contributed by atoms with van der Waals surface area (Å²) in [6.45, 7) is 6.06. The van der Waals surface area contributed by atoms with E-state index in [-0.39, 0.29) is 15.5 Å². The van der Waals surface area contributed by atoms with Crippen molar-refractivity contribution in [1.29, 1.82) is 0 Å². The third kappa shape index (κ3) is 5.20. The molecule has 0 aliphatic carbocycles. The fourth-order valence-electron chi connectivity index (χ4n) is 3.03. The molecule has 1 fully saturated rings. The molecule has 30 heavy (non-hydrogen) atoms. The van der Waals surface area contributed by atoms with Crippen LogP contribution in [0.5, 0.6) is 5.75 Å². The van der Waals surface area contributed by atoms with Crippen molar-refractivity contribution < 1.29 is 17.9 Å². The van der Waals surface area contributed by atoms with Crippen LogP contribution in [0.2, 0.25) is 5.02 Å². The highest BCUT2D eigenvalue weighted by atomic mass is 35.5. The molecule has 1 amide bonds. The van der Waals surface area contributed by atoms with Crippen molar-refractivity contribution in [2.24, 2.45) is 0 Å². The van der Waals surface area contributed by atoms with Crippen LogP contribution in [0.4, 0.5) is 5.69 Å². The number of benzene rings is 2. The Morgan fingerprint density at radius 3 is 2.63 bits per heavy atom. The van der Waals surface area contributed by atoms with Crippen molar-refractivity contribution in [2.75, 3.05) is 45.2 Å². The summed E-state index contributed by atoms with van der Waals surface area (Å²) in [7, 11) is -1.76. The van der Waals surface area contributed by atoms with Gasteiger partial charge in [0.25, 0.3) is 5.91 Å². The van der Waals surface area contributed by atoms with Crippen molar-refractivity contribution in [1.82, 2.24) is 9.21 Å². The number of carbonyl (C=O) groups is 1. The van der Waals surface area contributed by atoms with E-state index < -0.39 is 15.9 Å². The minimum atomic E-state index is -3.71. The molecule has 7 nitrogen and oxygen atoms in total. The molecule has 2 aromatic rings. The van der Waals surface area contributed by atoms with E-state index in [4.69, 9.17) is 16.3 Å². The lowest BCUT2D eigenvalue weighted by Crippen LogP contribution is -2.47. The van der Waals surface area contributed by atoms with Crippen LogP contribution in [0.3, 0.4) is 0 Å². The number of rotatable bonds is 7. The van der Waals surface area contributed by atoms with Gasteiger partial charge in [0.2, 0.25) is 10.0 Å². The van der Waals surface area contributed by atoms with Crippen LogP contribution < -0.4 is 10.1 Å². The molecular formula is C21H24ClN3O4S. The quantitative estimate of drug-likeness (QED) is 0.657. The first-order valence-electron chi connectivity index (χ1n) is 9.44. The number of hydrogen-bond donors (Lipinski definition) is 1. The zero-order chi connectivity index (χ0) is 21.7. The van der Waals surface area contributed by atoms with Gasteiger partial charge in [-0.05, 0) is 37.4 Å².